The highest BCUT2D eigenvalue weighted by molar-refractivity contribution is 6.25. The molecule has 0 aromatic carbocycles. The van der Waals surface area contributed by atoms with Crippen molar-refractivity contribution in [3.8, 4) is 0 Å². The lowest BCUT2D eigenvalue weighted by Crippen LogP contribution is -2.60. The van der Waals surface area contributed by atoms with Crippen molar-refractivity contribution < 1.29 is 0 Å². The molecule has 0 radical (unpaired) electrons. The molecule has 3 heteroatoms. The van der Waals surface area contributed by atoms with Crippen molar-refractivity contribution in [1.29, 1.82) is 0 Å². The van der Waals surface area contributed by atoms with Gasteiger partial charge in [0.15, 0.2) is 0 Å². The highest BCUT2D eigenvalue weighted by Crippen LogP contribution is 2.37. The van der Waals surface area contributed by atoms with E-state index in [4.69, 9.17) is 11.6 Å². The first-order chi connectivity index (χ1) is 8.02. The molecule has 17 heavy (non-hydrogen) atoms. The van der Waals surface area contributed by atoms with Crippen molar-refractivity contribution in [2.24, 2.45) is 11.3 Å². The fourth-order valence-electron chi connectivity index (χ4n) is 2.74. The maximum Gasteiger partial charge on any atom is 0.0252 e. The highest BCUT2D eigenvalue weighted by Gasteiger charge is 2.40. The summed E-state index contributed by atoms with van der Waals surface area (Å²) < 4.78 is 0. The van der Waals surface area contributed by atoms with Crippen molar-refractivity contribution >= 4 is 11.6 Å². The van der Waals surface area contributed by atoms with Crippen molar-refractivity contribution in [2.75, 3.05) is 19.6 Å². The maximum absolute atomic E-state index is 5.67. The van der Waals surface area contributed by atoms with E-state index >= 15 is 0 Å². The Balaban J connectivity index is 1.99. The molecule has 1 saturated heterocycles. The lowest BCUT2D eigenvalue weighted by atomic mass is 9.84. The van der Waals surface area contributed by atoms with Crippen molar-refractivity contribution in [3.63, 3.8) is 0 Å². The minimum absolute atomic E-state index is 0.331. The lowest BCUT2D eigenvalue weighted by molar-refractivity contribution is 0.0851. The molecular formula is C14H25ClN2. The van der Waals surface area contributed by atoms with Gasteiger partial charge in [-0.05, 0) is 24.2 Å². The molecule has 1 aliphatic heterocycles. The van der Waals surface area contributed by atoms with Gasteiger partial charge in [0.05, 0.1) is 0 Å². The third-order valence-electron chi connectivity index (χ3n) is 4.10. The van der Waals surface area contributed by atoms with Gasteiger partial charge in [0.2, 0.25) is 0 Å². The molecule has 2 nitrogen and oxygen atoms in total. The molecule has 2 aliphatic rings. The molecule has 0 amide bonds. The standard InChI is InChI=1S/C14H25ClN2/c1-14(2,3)13-10-17(8-4-7-15)12(9-16-13)11-5-6-11/h4,7,11-13,16H,5-6,8-10H2,1-3H3/b7-4+. The molecule has 2 rings (SSSR count). The monoisotopic (exact) mass is 256 g/mol. The number of hydrogen-bond donors (Lipinski definition) is 1. The van der Waals surface area contributed by atoms with Gasteiger partial charge in [-0.2, -0.15) is 0 Å². The summed E-state index contributed by atoms with van der Waals surface area (Å²) in [6.45, 7) is 10.2. The number of hydrogen-bond acceptors (Lipinski definition) is 2. The van der Waals surface area contributed by atoms with Gasteiger partial charge in [-0.15, -0.1) is 0 Å². The average molecular weight is 257 g/mol. The van der Waals surface area contributed by atoms with Crippen LogP contribution in [0.1, 0.15) is 33.6 Å². The van der Waals surface area contributed by atoms with E-state index in [0.29, 0.717) is 11.5 Å². The fourth-order valence-corrected chi connectivity index (χ4v) is 2.82. The Labute approximate surface area is 110 Å². The van der Waals surface area contributed by atoms with Crippen LogP contribution in [0.2, 0.25) is 0 Å². The van der Waals surface area contributed by atoms with Crippen LogP contribution in [0.3, 0.4) is 0 Å². The molecule has 1 aliphatic carbocycles. The zero-order valence-corrected chi connectivity index (χ0v) is 12.0. The van der Waals surface area contributed by atoms with E-state index in [1.165, 1.54) is 12.8 Å². The van der Waals surface area contributed by atoms with Crippen LogP contribution in [0, 0.1) is 11.3 Å². The Morgan fingerprint density at radius 1 is 1.35 bits per heavy atom. The Morgan fingerprint density at radius 3 is 2.59 bits per heavy atom. The summed E-state index contributed by atoms with van der Waals surface area (Å²) in [6, 6.07) is 1.31. The zero-order chi connectivity index (χ0) is 12.5. The molecule has 2 unspecified atom stereocenters. The minimum atomic E-state index is 0.331. The van der Waals surface area contributed by atoms with Crippen molar-refractivity contribution in [2.45, 2.75) is 45.7 Å². The first-order valence-electron chi connectivity index (χ1n) is 6.75. The summed E-state index contributed by atoms with van der Waals surface area (Å²) in [5, 5.41) is 3.74. The number of piperazine rings is 1. The van der Waals surface area contributed by atoms with E-state index in [9.17, 15) is 0 Å². The lowest BCUT2D eigenvalue weighted by Gasteiger charge is -2.45. The van der Waals surface area contributed by atoms with Gasteiger partial charge < -0.3 is 5.32 Å². The normalized spacial score (nSPS) is 32.2. The molecule has 0 aromatic rings. The predicted molar refractivity (Wildman–Crippen MR) is 74.3 cm³/mol. The Kier molecular flexibility index (Phi) is 4.17. The van der Waals surface area contributed by atoms with Gasteiger partial charge in [-0.25, -0.2) is 0 Å². The summed E-state index contributed by atoms with van der Waals surface area (Å²) in [5.41, 5.74) is 1.98. The summed E-state index contributed by atoms with van der Waals surface area (Å²) in [6.07, 6.45) is 4.89. The topological polar surface area (TPSA) is 15.3 Å². The van der Waals surface area contributed by atoms with Crippen LogP contribution < -0.4 is 5.32 Å². The zero-order valence-electron chi connectivity index (χ0n) is 11.2. The molecule has 0 aromatic heterocycles. The van der Waals surface area contributed by atoms with E-state index in [1.54, 1.807) is 5.54 Å². The molecule has 98 valence electrons. The largest absolute Gasteiger partial charge is 0.311 e. The molecule has 0 spiro atoms. The second kappa shape index (κ2) is 5.29. The van der Waals surface area contributed by atoms with Gasteiger partial charge >= 0.3 is 0 Å². The van der Waals surface area contributed by atoms with Gasteiger partial charge in [0, 0.05) is 37.3 Å². The van der Waals surface area contributed by atoms with Crippen molar-refractivity contribution in [3.05, 3.63) is 11.6 Å². The van der Waals surface area contributed by atoms with Crippen molar-refractivity contribution in [1.82, 2.24) is 10.2 Å². The first-order valence-corrected chi connectivity index (χ1v) is 7.18. The van der Waals surface area contributed by atoms with E-state index in [2.05, 4.69) is 37.1 Å². The number of rotatable bonds is 3. The van der Waals surface area contributed by atoms with Crippen LogP contribution in [0.15, 0.2) is 11.6 Å². The molecule has 1 heterocycles. The van der Waals surface area contributed by atoms with Gasteiger partial charge in [0.1, 0.15) is 0 Å². The SMILES string of the molecule is CC(C)(C)C1CN(C/C=C/Cl)C(C2CC2)CN1. The first kappa shape index (κ1) is 13.4. The molecule has 1 saturated carbocycles. The second-order valence-corrected chi connectivity index (χ2v) is 6.80. The van der Waals surface area contributed by atoms with E-state index in [0.717, 1.165) is 31.6 Å². The minimum Gasteiger partial charge on any atom is -0.311 e. The molecule has 2 atom stereocenters. The van der Waals surface area contributed by atoms with Gasteiger partial charge in [0.25, 0.3) is 0 Å². The highest BCUT2D eigenvalue weighted by atomic mass is 35.5. The van der Waals surface area contributed by atoms with Crippen LogP contribution in [0.25, 0.3) is 0 Å². The summed E-state index contributed by atoms with van der Waals surface area (Å²) in [7, 11) is 0. The van der Waals surface area contributed by atoms with E-state index < -0.39 is 0 Å². The number of halogens is 1. The van der Waals surface area contributed by atoms with Gasteiger partial charge in [-0.3, -0.25) is 4.90 Å². The Morgan fingerprint density at radius 2 is 2.06 bits per heavy atom. The summed E-state index contributed by atoms with van der Waals surface area (Å²) in [5.74, 6) is 0.923. The molecule has 0 bridgehead atoms. The van der Waals surface area contributed by atoms with Crippen LogP contribution >= 0.6 is 11.6 Å². The van der Waals surface area contributed by atoms with Crippen LogP contribution in [-0.4, -0.2) is 36.6 Å². The van der Waals surface area contributed by atoms with Crippen LogP contribution in [-0.2, 0) is 0 Å². The Bertz CT molecular complexity index is 278. The molecular weight excluding hydrogens is 232 g/mol. The number of nitrogens with zero attached hydrogens (tertiary/aromatic N) is 1. The van der Waals surface area contributed by atoms with Crippen LogP contribution in [0.5, 0.6) is 0 Å². The fraction of sp³-hybridized carbons (Fsp3) is 0.857. The quantitative estimate of drug-likeness (QED) is 0.836. The summed E-state index contributed by atoms with van der Waals surface area (Å²) >= 11 is 5.67. The predicted octanol–water partition coefficient (Wildman–Crippen LogP) is 2.84. The average Bonchev–Trinajstić information content (AvgIpc) is 3.08. The van der Waals surface area contributed by atoms with Crippen LogP contribution in [0.4, 0.5) is 0 Å². The third kappa shape index (κ3) is 3.46. The van der Waals surface area contributed by atoms with E-state index in [1.807, 2.05) is 0 Å². The Hall–Kier alpha value is -0.0500. The number of nitrogens with one attached hydrogen (secondary N) is 1. The smallest absolute Gasteiger partial charge is 0.0252 e. The second-order valence-electron chi connectivity index (χ2n) is 6.55. The van der Waals surface area contributed by atoms with E-state index in [-0.39, 0.29) is 0 Å². The molecule has 1 N–H and O–H groups in total. The summed E-state index contributed by atoms with van der Waals surface area (Å²) in [4.78, 5) is 2.61. The van der Waals surface area contributed by atoms with Gasteiger partial charge in [-0.1, -0.05) is 38.4 Å². The third-order valence-corrected chi connectivity index (χ3v) is 4.28. The maximum atomic E-state index is 5.67. The molecule has 2 fully saturated rings.